The fourth-order valence-electron chi connectivity index (χ4n) is 3.40. The second-order valence-electron chi connectivity index (χ2n) is 8.00. The predicted molar refractivity (Wildman–Crippen MR) is 128 cm³/mol. The van der Waals surface area contributed by atoms with E-state index in [9.17, 15) is 22.8 Å². The van der Waals surface area contributed by atoms with Crippen molar-refractivity contribution in [3.63, 3.8) is 0 Å². The second kappa shape index (κ2) is 12.9. The average molecular weight is 496 g/mol. The van der Waals surface area contributed by atoms with E-state index >= 15 is 0 Å². The van der Waals surface area contributed by atoms with Crippen molar-refractivity contribution in [2.24, 2.45) is 0 Å². The number of rotatable bonds is 11. The number of benzene rings is 2. The molecule has 2 aromatic carbocycles. The van der Waals surface area contributed by atoms with E-state index in [1.54, 1.807) is 20.3 Å². The normalized spacial score (nSPS) is 12.0. The van der Waals surface area contributed by atoms with E-state index in [4.69, 9.17) is 9.47 Å². The molecular formula is C25H32F3N3O4. The summed E-state index contributed by atoms with van der Waals surface area (Å²) in [5.74, 6) is 0.992. The summed E-state index contributed by atoms with van der Waals surface area (Å²) in [5.41, 5.74) is 0.154. The van der Waals surface area contributed by atoms with E-state index in [-0.39, 0.29) is 30.6 Å². The third kappa shape index (κ3) is 8.38. The number of anilines is 1. The summed E-state index contributed by atoms with van der Waals surface area (Å²) < 4.78 is 49.4. The number of hydrogen-bond donors (Lipinski definition) is 2. The van der Waals surface area contributed by atoms with Gasteiger partial charge in [-0.05, 0) is 55.7 Å². The number of methoxy groups -OCH3 is 2. The van der Waals surface area contributed by atoms with Crippen LogP contribution in [0.4, 0.5) is 23.7 Å². The monoisotopic (exact) mass is 495 g/mol. The molecule has 0 saturated heterocycles. The lowest BCUT2D eigenvalue weighted by molar-refractivity contribution is -0.137. The summed E-state index contributed by atoms with van der Waals surface area (Å²) in [5, 5.41) is 5.34. The number of amides is 3. The van der Waals surface area contributed by atoms with Gasteiger partial charge in [0.15, 0.2) is 11.5 Å². The zero-order valence-electron chi connectivity index (χ0n) is 20.4. The van der Waals surface area contributed by atoms with Crippen molar-refractivity contribution < 1.29 is 32.2 Å². The summed E-state index contributed by atoms with van der Waals surface area (Å²) in [6, 6.07) is 9.20. The van der Waals surface area contributed by atoms with Gasteiger partial charge >= 0.3 is 12.2 Å². The summed E-state index contributed by atoms with van der Waals surface area (Å²) in [6.45, 7) is 4.23. The molecule has 0 heterocycles. The van der Waals surface area contributed by atoms with Crippen molar-refractivity contribution >= 4 is 17.6 Å². The van der Waals surface area contributed by atoms with E-state index in [2.05, 4.69) is 10.6 Å². The average Bonchev–Trinajstić information content (AvgIpc) is 2.83. The molecule has 0 saturated carbocycles. The quantitative estimate of drug-likeness (QED) is 0.454. The molecule has 1 unspecified atom stereocenters. The van der Waals surface area contributed by atoms with E-state index in [0.717, 1.165) is 17.7 Å². The first-order chi connectivity index (χ1) is 16.6. The summed E-state index contributed by atoms with van der Waals surface area (Å²) >= 11 is 0. The molecule has 0 aliphatic rings. The van der Waals surface area contributed by atoms with Crippen LogP contribution in [0.1, 0.15) is 37.8 Å². The lowest BCUT2D eigenvalue weighted by atomic mass is 10.1. The SMILES string of the molecule is CCC(C)N(CCC(=O)NCCc1ccc(OC)c(OC)c1)C(=O)Nc1cccc(C(F)(F)F)c1. The van der Waals surface area contributed by atoms with Crippen molar-refractivity contribution in [3.8, 4) is 11.5 Å². The van der Waals surface area contributed by atoms with Gasteiger partial charge < -0.3 is 25.0 Å². The van der Waals surface area contributed by atoms with Crippen LogP contribution in [-0.4, -0.2) is 50.2 Å². The Morgan fingerprint density at radius 3 is 2.40 bits per heavy atom. The van der Waals surface area contributed by atoms with Crippen molar-refractivity contribution in [3.05, 3.63) is 53.6 Å². The largest absolute Gasteiger partial charge is 0.493 e. The highest BCUT2D eigenvalue weighted by molar-refractivity contribution is 5.90. The van der Waals surface area contributed by atoms with Crippen LogP contribution in [0.5, 0.6) is 11.5 Å². The minimum atomic E-state index is -4.51. The highest BCUT2D eigenvalue weighted by atomic mass is 19.4. The Kier molecular flexibility index (Phi) is 10.2. The Bertz CT molecular complexity index is 998. The van der Waals surface area contributed by atoms with E-state index in [0.29, 0.717) is 30.9 Å². The van der Waals surface area contributed by atoms with Gasteiger partial charge in [0.1, 0.15) is 0 Å². The maximum Gasteiger partial charge on any atom is 0.416 e. The number of alkyl halides is 3. The molecule has 0 aliphatic carbocycles. The first kappa shape index (κ1) is 27.8. The lowest BCUT2D eigenvalue weighted by Gasteiger charge is -2.28. The molecule has 2 rings (SSSR count). The van der Waals surface area contributed by atoms with Crippen LogP contribution in [0.3, 0.4) is 0 Å². The number of urea groups is 1. The van der Waals surface area contributed by atoms with Gasteiger partial charge in [-0.15, -0.1) is 0 Å². The Morgan fingerprint density at radius 1 is 1.06 bits per heavy atom. The molecule has 35 heavy (non-hydrogen) atoms. The minimum Gasteiger partial charge on any atom is -0.493 e. The van der Waals surface area contributed by atoms with Gasteiger partial charge in [0, 0.05) is 31.2 Å². The molecule has 10 heteroatoms. The van der Waals surface area contributed by atoms with Crippen LogP contribution < -0.4 is 20.1 Å². The standard InChI is InChI=1S/C25H32F3N3O4/c1-5-17(2)31(24(33)30-20-8-6-7-19(16-20)25(26,27)28)14-12-23(32)29-13-11-18-9-10-21(34-3)22(15-18)35-4/h6-10,15-17H,5,11-14H2,1-4H3,(H,29,32)(H,30,33). The molecule has 2 aromatic rings. The van der Waals surface area contributed by atoms with Gasteiger partial charge in [-0.2, -0.15) is 13.2 Å². The van der Waals surface area contributed by atoms with E-state index in [1.807, 2.05) is 26.0 Å². The Morgan fingerprint density at radius 2 is 1.77 bits per heavy atom. The van der Waals surface area contributed by atoms with Crippen LogP contribution in [-0.2, 0) is 17.4 Å². The molecule has 2 N–H and O–H groups in total. The smallest absolute Gasteiger partial charge is 0.416 e. The van der Waals surface area contributed by atoms with Gasteiger partial charge in [-0.3, -0.25) is 4.79 Å². The Labute approximate surface area is 203 Å². The Balaban J connectivity index is 1.91. The van der Waals surface area contributed by atoms with Crippen molar-refractivity contribution in [1.29, 1.82) is 0 Å². The Hall–Kier alpha value is -3.43. The number of ether oxygens (including phenoxy) is 2. The fraction of sp³-hybridized carbons (Fsp3) is 0.440. The zero-order valence-corrected chi connectivity index (χ0v) is 20.4. The molecule has 1 atom stereocenters. The van der Waals surface area contributed by atoms with E-state index < -0.39 is 17.8 Å². The highest BCUT2D eigenvalue weighted by Gasteiger charge is 2.30. The maximum atomic E-state index is 13.0. The molecule has 0 bridgehead atoms. The van der Waals surface area contributed by atoms with Crippen molar-refractivity contribution in [2.45, 2.75) is 45.3 Å². The summed E-state index contributed by atoms with van der Waals surface area (Å²) in [4.78, 5) is 26.6. The molecule has 192 valence electrons. The molecule has 0 aromatic heterocycles. The van der Waals surface area contributed by atoms with Crippen LogP contribution in [0.15, 0.2) is 42.5 Å². The zero-order chi connectivity index (χ0) is 26.0. The first-order valence-electron chi connectivity index (χ1n) is 11.3. The molecule has 0 fully saturated rings. The third-order valence-corrected chi connectivity index (χ3v) is 5.59. The van der Waals surface area contributed by atoms with Crippen LogP contribution >= 0.6 is 0 Å². The van der Waals surface area contributed by atoms with Gasteiger partial charge in [-0.25, -0.2) is 4.79 Å². The van der Waals surface area contributed by atoms with Gasteiger partial charge in [0.05, 0.1) is 19.8 Å². The van der Waals surface area contributed by atoms with Gasteiger partial charge in [-0.1, -0.05) is 19.1 Å². The minimum absolute atomic E-state index is 0.0394. The number of hydrogen-bond acceptors (Lipinski definition) is 4. The molecule has 0 aliphatic heterocycles. The van der Waals surface area contributed by atoms with Crippen molar-refractivity contribution in [1.82, 2.24) is 10.2 Å². The predicted octanol–water partition coefficient (Wildman–Crippen LogP) is 5.10. The van der Waals surface area contributed by atoms with Crippen LogP contribution in [0.2, 0.25) is 0 Å². The molecular weight excluding hydrogens is 463 g/mol. The fourth-order valence-corrected chi connectivity index (χ4v) is 3.40. The molecule has 0 spiro atoms. The van der Waals surface area contributed by atoms with Gasteiger partial charge in [0.2, 0.25) is 5.91 Å². The molecule has 7 nitrogen and oxygen atoms in total. The number of nitrogens with one attached hydrogen (secondary N) is 2. The summed E-state index contributed by atoms with van der Waals surface area (Å²) in [6.07, 6.45) is -3.24. The van der Waals surface area contributed by atoms with Crippen LogP contribution in [0, 0.1) is 0 Å². The number of halogens is 3. The first-order valence-corrected chi connectivity index (χ1v) is 11.3. The van der Waals surface area contributed by atoms with Crippen LogP contribution in [0.25, 0.3) is 0 Å². The number of carbonyl (C=O) groups is 2. The van der Waals surface area contributed by atoms with Crippen molar-refractivity contribution in [2.75, 3.05) is 32.6 Å². The number of nitrogens with zero attached hydrogens (tertiary/aromatic N) is 1. The highest BCUT2D eigenvalue weighted by Crippen LogP contribution is 2.31. The topological polar surface area (TPSA) is 79.9 Å². The maximum absolute atomic E-state index is 13.0. The molecule has 0 radical (unpaired) electrons. The lowest BCUT2D eigenvalue weighted by Crippen LogP contribution is -2.43. The third-order valence-electron chi connectivity index (χ3n) is 5.59. The van der Waals surface area contributed by atoms with E-state index in [1.165, 1.54) is 17.0 Å². The molecule has 3 amide bonds. The second-order valence-corrected chi connectivity index (χ2v) is 8.00. The summed E-state index contributed by atoms with van der Waals surface area (Å²) in [7, 11) is 3.11. The number of carbonyl (C=O) groups excluding carboxylic acids is 2. The van der Waals surface area contributed by atoms with Gasteiger partial charge in [0.25, 0.3) is 0 Å².